The summed E-state index contributed by atoms with van der Waals surface area (Å²) in [5, 5.41) is 0. The van der Waals surface area contributed by atoms with Crippen LogP contribution in [0.3, 0.4) is 0 Å². The van der Waals surface area contributed by atoms with Gasteiger partial charge < -0.3 is 0 Å². The topological polar surface area (TPSA) is 38.0 Å². The highest BCUT2D eigenvalue weighted by Crippen LogP contribution is 2.50. The van der Waals surface area contributed by atoms with Crippen LogP contribution in [-0.4, -0.2) is 6.04 Å². The summed E-state index contributed by atoms with van der Waals surface area (Å²) in [5.74, 6) is 8.80. The second-order valence-electron chi connectivity index (χ2n) is 6.91. The smallest absolute Gasteiger partial charge is 0.0213 e. The van der Waals surface area contributed by atoms with Crippen molar-refractivity contribution in [2.24, 2.45) is 23.6 Å². The molecule has 4 unspecified atom stereocenters. The van der Waals surface area contributed by atoms with E-state index < -0.39 is 0 Å². The summed E-state index contributed by atoms with van der Waals surface area (Å²) in [6.07, 6.45) is 10.9. The number of benzene rings is 1. The fourth-order valence-electron chi connectivity index (χ4n) is 4.50. The SMILES string of the molecule is NNC(CCCc1ccccc1)CC1CC2CCC1C2. The monoisotopic (exact) mass is 272 g/mol. The third kappa shape index (κ3) is 3.42. The molecule has 0 amide bonds. The Kier molecular flexibility index (Phi) is 4.74. The van der Waals surface area contributed by atoms with Gasteiger partial charge in [-0.05, 0) is 68.3 Å². The zero-order valence-electron chi connectivity index (χ0n) is 12.4. The first kappa shape index (κ1) is 14.1. The lowest BCUT2D eigenvalue weighted by Crippen LogP contribution is -2.37. The molecule has 110 valence electrons. The maximum absolute atomic E-state index is 5.78. The van der Waals surface area contributed by atoms with Crippen LogP contribution in [0.4, 0.5) is 0 Å². The molecule has 2 saturated carbocycles. The van der Waals surface area contributed by atoms with E-state index in [2.05, 4.69) is 35.8 Å². The predicted octanol–water partition coefficient (Wildman–Crippen LogP) is 3.67. The van der Waals surface area contributed by atoms with Crippen molar-refractivity contribution in [2.45, 2.75) is 57.4 Å². The Hall–Kier alpha value is -0.860. The van der Waals surface area contributed by atoms with Gasteiger partial charge in [0.15, 0.2) is 0 Å². The molecule has 0 radical (unpaired) electrons. The molecule has 2 bridgehead atoms. The number of hydrazine groups is 1. The van der Waals surface area contributed by atoms with Crippen molar-refractivity contribution in [2.75, 3.05) is 0 Å². The number of hydrogen-bond donors (Lipinski definition) is 2. The van der Waals surface area contributed by atoms with Gasteiger partial charge in [0.05, 0.1) is 0 Å². The van der Waals surface area contributed by atoms with E-state index in [0.717, 1.165) is 17.8 Å². The molecule has 0 aliphatic heterocycles. The first-order chi connectivity index (χ1) is 9.85. The number of nitrogens with one attached hydrogen (secondary N) is 1. The summed E-state index contributed by atoms with van der Waals surface area (Å²) in [5.41, 5.74) is 4.52. The largest absolute Gasteiger partial charge is 0.271 e. The van der Waals surface area contributed by atoms with Crippen molar-refractivity contribution in [1.29, 1.82) is 0 Å². The Morgan fingerprint density at radius 2 is 2.00 bits per heavy atom. The molecule has 2 fully saturated rings. The number of nitrogens with two attached hydrogens (primary N) is 1. The van der Waals surface area contributed by atoms with Crippen molar-refractivity contribution in [1.82, 2.24) is 5.43 Å². The molecular weight excluding hydrogens is 244 g/mol. The fourth-order valence-corrected chi connectivity index (χ4v) is 4.50. The van der Waals surface area contributed by atoms with Crippen LogP contribution in [0.2, 0.25) is 0 Å². The van der Waals surface area contributed by atoms with Crippen LogP contribution in [0.25, 0.3) is 0 Å². The summed E-state index contributed by atoms with van der Waals surface area (Å²) in [4.78, 5) is 0. The highest BCUT2D eigenvalue weighted by Gasteiger charge is 2.39. The molecule has 0 spiro atoms. The Morgan fingerprint density at radius 3 is 2.65 bits per heavy atom. The Labute approximate surface area is 123 Å². The third-order valence-electron chi connectivity index (χ3n) is 5.57. The summed E-state index contributed by atoms with van der Waals surface area (Å²) in [7, 11) is 0. The van der Waals surface area contributed by atoms with Gasteiger partial charge in [-0.3, -0.25) is 11.3 Å². The highest BCUT2D eigenvalue weighted by molar-refractivity contribution is 5.14. The number of hydrogen-bond acceptors (Lipinski definition) is 2. The Morgan fingerprint density at radius 1 is 1.15 bits per heavy atom. The van der Waals surface area contributed by atoms with E-state index in [0.29, 0.717) is 6.04 Å². The summed E-state index contributed by atoms with van der Waals surface area (Å²) >= 11 is 0. The molecule has 0 saturated heterocycles. The number of fused-ring (bicyclic) bond motifs is 2. The van der Waals surface area contributed by atoms with E-state index >= 15 is 0 Å². The molecule has 1 aromatic carbocycles. The summed E-state index contributed by atoms with van der Waals surface area (Å²) in [6, 6.07) is 11.3. The molecule has 2 heteroatoms. The minimum Gasteiger partial charge on any atom is -0.271 e. The summed E-state index contributed by atoms with van der Waals surface area (Å²) in [6.45, 7) is 0. The molecule has 2 nitrogen and oxygen atoms in total. The zero-order chi connectivity index (χ0) is 13.8. The zero-order valence-corrected chi connectivity index (χ0v) is 12.4. The molecule has 2 aliphatic carbocycles. The van der Waals surface area contributed by atoms with Crippen LogP contribution in [0.5, 0.6) is 0 Å². The van der Waals surface area contributed by atoms with Crippen molar-refractivity contribution < 1.29 is 0 Å². The molecule has 3 rings (SSSR count). The van der Waals surface area contributed by atoms with Gasteiger partial charge in [0.2, 0.25) is 0 Å². The van der Waals surface area contributed by atoms with Gasteiger partial charge in [0, 0.05) is 6.04 Å². The van der Waals surface area contributed by atoms with Crippen molar-refractivity contribution in [3.8, 4) is 0 Å². The predicted molar refractivity (Wildman–Crippen MR) is 84.0 cm³/mol. The van der Waals surface area contributed by atoms with E-state index in [-0.39, 0.29) is 0 Å². The maximum atomic E-state index is 5.78. The average molecular weight is 272 g/mol. The quantitative estimate of drug-likeness (QED) is 0.587. The van der Waals surface area contributed by atoms with Crippen molar-refractivity contribution in [3.05, 3.63) is 35.9 Å². The van der Waals surface area contributed by atoms with E-state index in [1.807, 2.05) is 0 Å². The van der Waals surface area contributed by atoms with Gasteiger partial charge in [-0.2, -0.15) is 0 Å². The van der Waals surface area contributed by atoms with Crippen LogP contribution in [0, 0.1) is 17.8 Å². The lowest BCUT2D eigenvalue weighted by molar-refractivity contribution is 0.271. The lowest BCUT2D eigenvalue weighted by atomic mass is 9.83. The Bertz CT molecular complexity index is 403. The van der Waals surface area contributed by atoms with E-state index in [9.17, 15) is 0 Å². The fraction of sp³-hybridized carbons (Fsp3) is 0.667. The van der Waals surface area contributed by atoms with E-state index in [1.54, 1.807) is 0 Å². The molecule has 0 heterocycles. The van der Waals surface area contributed by atoms with E-state index in [1.165, 1.54) is 56.9 Å². The normalized spacial score (nSPS) is 29.8. The van der Waals surface area contributed by atoms with Crippen LogP contribution in [0.1, 0.15) is 50.5 Å². The second kappa shape index (κ2) is 6.73. The van der Waals surface area contributed by atoms with Gasteiger partial charge in [-0.1, -0.05) is 36.8 Å². The number of rotatable bonds is 7. The van der Waals surface area contributed by atoms with Gasteiger partial charge in [-0.15, -0.1) is 0 Å². The standard InChI is InChI=1S/C18H28N2/c19-20-18(8-4-7-14-5-2-1-3-6-14)13-17-12-15-9-10-16(17)11-15/h1-3,5-6,15-18,20H,4,7-13,19H2. The maximum Gasteiger partial charge on any atom is 0.0213 e. The molecule has 3 N–H and O–H groups in total. The lowest BCUT2D eigenvalue weighted by Gasteiger charge is -2.26. The third-order valence-corrected chi connectivity index (χ3v) is 5.57. The van der Waals surface area contributed by atoms with Crippen LogP contribution >= 0.6 is 0 Å². The van der Waals surface area contributed by atoms with Crippen LogP contribution in [0.15, 0.2) is 30.3 Å². The average Bonchev–Trinajstić information content (AvgIpc) is 3.10. The van der Waals surface area contributed by atoms with Gasteiger partial charge in [-0.25, -0.2) is 0 Å². The minimum atomic E-state index is 0.517. The first-order valence-corrected chi connectivity index (χ1v) is 8.35. The van der Waals surface area contributed by atoms with Gasteiger partial charge in [0.1, 0.15) is 0 Å². The molecule has 20 heavy (non-hydrogen) atoms. The molecule has 0 aromatic heterocycles. The van der Waals surface area contributed by atoms with Crippen LogP contribution in [-0.2, 0) is 6.42 Å². The van der Waals surface area contributed by atoms with Gasteiger partial charge in [0.25, 0.3) is 0 Å². The second-order valence-corrected chi connectivity index (χ2v) is 6.91. The molecular formula is C18H28N2. The van der Waals surface area contributed by atoms with Crippen molar-refractivity contribution in [3.63, 3.8) is 0 Å². The molecule has 2 aliphatic rings. The molecule has 4 atom stereocenters. The van der Waals surface area contributed by atoms with Crippen molar-refractivity contribution >= 4 is 0 Å². The Balaban J connectivity index is 1.41. The summed E-state index contributed by atoms with van der Waals surface area (Å²) < 4.78 is 0. The molecule has 1 aromatic rings. The van der Waals surface area contributed by atoms with E-state index in [4.69, 9.17) is 5.84 Å². The minimum absolute atomic E-state index is 0.517. The highest BCUT2D eigenvalue weighted by atomic mass is 15.2. The first-order valence-electron chi connectivity index (χ1n) is 8.35. The van der Waals surface area contributed by atoms with Gasteiger partial charge >= 0.3 is 0 Å². The van der Waals surface area contributed by atoms with Crippen LogP contribution < -0.4 is 11.3 Å². The number of aryl methyl sites for hydroxylation is 1.